The molecule has 0 aliphatic rings. The van der Waals surface area contributed by atoms with E-state index in [2.05, 4.69) is 25.5 Å². The Hall–Kier alpha value is -2.94. The van der Waals surface area contributed by atoms with Gasteiger partial charge in [0.05, 0.1) is 24.7 Å². The quantitative estimate of drug-likeness (QED) is 0.626. The number of nitrogens with one attached hydrogen (secondary N) is 1. The van der Waals surface area contributed by atoms with Crippen molar-refractivity contribution in [2.45, 2.75) is 25.5 Å². The molecular formula is C18H20N6O2S. The lowest BCUT2D eigenvalue weighted by Gasteiger charge is -2.11. The van der Waals surface area contributed by atoms with Gasteiger partial charge in [-0.25, -0.2) is 4.98 Å². The summed E-state index contributed by atoms with van der Waals surface area (Å²) in [6, 6.07) is 5.64. The molecule has 2 heterocycles. The number of thioether (sulfide) groups is 1. The summed E-state index contributed by atoms with van der Waals surface area (Å²) in [6.07, 6.45) is 4.86. The number of carbonyl (C=O) groups is 1. The van der Waals surface area contributed by atoms with Crippen LogP contribution in [0.1, 0.15) is 12.5 Å². The van der Waals surface area contributed by atoms with Gasteiger partial charge in [-0.15, -0.1) is 10.2 Å². The lowest BCUT2D eigenvalue weighted by Crippen LogP contribution is -2.15. The fraction of sp³-hybridized carbons (Fsp3) is 0.278. The molecule has 140 valence electrons. The first kappa shape index (κ1) is 18.8. The summed E-state index contributed by atoms with van der Waals surface area (Å²) in [5.41, 5.74) is 2.34. The van der Waals surface area contributed by atoms with Gasteiger partial charge in [-0.1, -0.05) is 17.8 Å². The topological polar surface area (TPSA) is 94.8 Å². The largest absolute Gasteiger partial charge is 0.495 e. The highest BCUT2D eigenvalue weighted by atomic mass is 32.2. The second kappa shape index (κ2) is 8.63. The predicted molar refractivity (Wildman–Crippen MR) is 104 cm³/mol. The number of benzene rings is 1. The van der Waals surface area contributed by atoms with Crippen molar-refractivity contribution in [2.24, 2.45) is 0 Å². The Morgan fingerprint density at radius 3 is 2.85 bits per heavy atom. The number of carbonyl (C=O) groups excluding carboxylic acids is 1. The van der Waals surface area contributed by atoms with Crippen LogP contribution in [0.2, 0.25) is 0 Å². The van der Waals surface area contributed by atoms with Gasteiger partial charge in [0.25, 0.3) is 0 Å². The molecule has 0 atom stereocenters. The smallest absolute Gasteiger partial charge is 0.234 e. The van der Waals surface area contributed by atoms with Crippen molar-refractivity contribution in [3.8, 4) is 17.3 Å². The van der Waals surface area contributed by atoms with Gasteiger partial charge in [0.2, 0.25) is 5.91 Å². The fourth-order valence-corrected chi connectivity index (χ4v) is 3.32. The van der Waals surface area contributed by atoms with Crippen LogP contribution < -0.4 is 10.1 Å². The molecule has 0 aliphatic carbocycles. The van der Waals surface area contributed by atoms with Crippen LogP contribution >= 0.6 is 11.8 Å². The molecule has 0 aliphatic heterocycles. The highest BCUT2D eigenvalue weighted by Gasteiger charge is 2.16. The first-order chi connectivity index (χ1) is 13.1. The first-order valence-corrected chi connectivity index (χ1v) is 9.37. The van der Waals surface area contributed by atoms with E-state index < -0.39 is 0 Å². The number of nitrogens with zero attached hydrogens (tertiary/aromatic N) is 5. The Bertz CT molecular complexity index is 929. The van der Waals surface area contributed by atoms with E-state index in [0.29, 0.717) is 34.7 Å². The monoisotopic (exact) mass is 384 g/mol. The van der Waals surface area contributed by atoms with Crippen LogP contribution in [0.4, 0.5) is 5.69 Å². The van der Waals surface area contributed by atoms with Gasteiger partial charge in [-0.3, -0.25) is 9.78 Å². The molecule has 9 heteroatoms. The van der Waals surface area contributed by atoms with Gasteiger partial charge in [0.1, 0.15) is 11.4 Å². The molecule has 3 rings (SSSR count). The van der Waals surface area contributed by atoms with Crippen molar-refractivity contribution in [3.63, 3.8) is 0 Å². The zero-order chi connectivity index (χ0) is 19.2. The standard InChI is InChI=1S/C18H20N6O2S/c1-4-24-17(14-10-19-7-8-20-14)22-23-18(24)27-11-16(25)21-13-9-12(2)5-6-15(13)26-3/h5-10H,4,11H2,1-3H3,(H,21,25). The van der Waals surface area contributed by atoms with E-state index >= 15 is 0 Å². The van der Waals surface area contributed by atoms with Gasteiger partial charge in [0.15, 0.2) is 11.0 Å². The maximum atomic E-state index is 12.4. The van der Waals surface area contributed by atoms with Crippen LogP contribution in [0.25, 0.3) is 11.5 Å². The van der Waals surface area contributed by atoms with Crippen LogP contribution in [-0.2, 0) is 11.3 Å². The number of hydrogen-bond acceptors (Lipinski definition) is 7. The van der Waals surface area contributed by atoms with Gasteiger partial charge in [-0.05, 0) is 31.5 Å². The Balaban J connectivity index is 1.69. The zero-order valence-corrected chi connectivity index (χ0v) is 16.2. The number of ether oxygens (including phenoxy) is 1. The molecule has 0 spiro atoms. The third-order valence-corrected chi connectivity index (χ3v) is 4.75. The van der Waals surface area contributed by atoms with E-state index in [-0.39, 0.29) is 11.7 Å². The molecule has 0 bridgehead atoms. The third-order valence-electron chi connectivity index (χ3n) is 3.79. The lowest BCUT2D eigenvalue weighted by molar-refractivity contribution is -0.113. The second-order valence-electron chi connectivity index (χ2n) is 5.68. The van der Waals surface area contributed by atoms with Gasteiger partial charge >= 0.3 is 0 Å². The summed E-state index contributed by atoms with van der Waals surface area (Å²) in [6.45, 7) is 4.61. The highest BCUT2D eigenvalue weighted by Crippen LogP contribution is 2.26. The van der Waals surface area contributed by atoms with Crippen molar-refractivity contribution < 1.29 is 9.53 Å². The molecule has 0 saturated heterocycles. The molecule has 1 aromatic carbocycles. The van der Waals surface area contributed by atoms with Crippen LogP contribution in [0.15, 0.2) is 41.9 Å². The first-order valence-electron chi connectivity index (χ1n) is 8.39. The molecular weight excluding hydrogens is 364 g/mol. The molecule has 27 heavy (non-hydrogen) atoms. The Kier molecular flexibility index (Phi) is 6.02. The summed E-state index contributed by atoms with van der Waals surface area (Å²) in [5.74, 6) is 1.32. The van der Waals surface area contributed by atoms with Gasteiger partial charge in [-0.2, -0.15) is 0 Å². The molecule has 0 unspecified atom stereocenters. The number of rotatable bonds is 7. The Morgan fingerprint density at radius 1 is 1.30 bits per heavy atom. The Morgan fingerprint density at radius 2 is 2.15 bits per heavy atom. The van der Waals surface area contributed by atoms with Crippen molar-refractivity contribution >= 4 is 23.4 Å². The molecule has 0 fully saturated rings. The third kappa shape index (κ3) is 4.43. The van der Waals surface area contributed by atoms with Crippen molar-refractivity contribution in [1.29, 1.82) is 0 Å². The summed E-state index contributed by atoms with van der Waals surface area (Å²) >= 11 is 1.32. The van der Waals surface area contributed by atoms with Crippen molar-refractivity contribution in [2.75, 3.05) is 18.2 Å². The molecule has 1 N–H and O–H groups in total. The minimum atomic E-state index is -0.143. The summed E-state index contributed by atoms with van der Waals surface area (Å²) in [5, 5.41) is 11.9. The van der Waals surface area contributed by atoms with E-state index in [4.69, 9.17) is 4.74 Å². The highest BCUT2D eigenvalue weighted by molar-refractivity contribution is 7.99. The zero-order valence-electron chi connectivity index (χ0n) is 15.3. The van der Waals surface area contributed by atoms with E-state index in [0.717, 1.165) is 5.56 Å². The average Bonchev–Trinajstić information content (AvgIpc) is 3.10. The Labute approximate surface area is 161 Å². The maximum Gasteiger partial charge on any atom is 0.234 e. The summed E-state index contributed by atoms with van der Waals surface area (Å²) in [4.78, 5) is 20.7. The number of methoxy groups -OCH3 is 1. The number of amides is 1. The minimum Gasteiger partial charge on any atom is -0.495 e. The molecule has 8 nitrogen and oxygen atoms in total. The minimum absolute atomic E-state index is 0.143. The predicted octanol–water partition coefficient (Wildman–Crippen LogP) is 2.80. The molecule has 2 aromatic heterocycles. The fourth-order valence-electron chi connectivity index (χ4n) is 2.52. The van der Waals surface area contributed by atoms with E-state index in [1.54, 1.807) is 25.7 Å². The van der Waals surface area contributed by atoms with Gasteiger partial charge in [0, 0.05) is 18.9 Å². The molecule has 0 saturated carbocycles. The van der Waals surface area contributed by atoms with Crippen LogP contribution in [-0.4, -0.2) is 43.5 Å². The van der Waals surface area contributed by atoms with Gasteiger partial charge < -0.3 is 14.6 Å². The van der Waals surface area contributed by atoms with Crippen LogP contribution in [0.3, 0.4) is 0 Å². The average molecular weight is 384 g/mol. The summed E-state index contributed by atoms with van der Waals surface area (Å²) in [7, 11) is 1.58. The number of anilines is 1. The van der Waals surface area contributed by atoms with Crippen LogP contribution in [0.5, 0.6) is 5.75 Å². The maximum absolute atomic E-state index is 12.4. The van der Waals surface area contributed by atoms with E-state index in [9.17, 15) is 4.79 Å². The normalized spacial score (nSPS) is 10.6. The van der Waals surface area contributed by atoms with Crippen LogP contribution in [0, 0.1) is 6.92 Å². The van der Waals surface area contributed by atoms with Crippen molar-refractivity contribution in [3.05, 3.63) is 42.4 Å². The second-order valence-corrected chi connectivity index (χ2v) is 6.62. The van der Waals surface area contributed by atoms with E-state index in [1.807, 2.05) is 36.6 Å². The SMILES string of the molecule is CCn1c(SCC(=O)Nc2cc(C)ccc2OC)nnc1-c1cnccn1. The van der Waals surface area contributed by atoms with E-state index in [1.165, 1.54) is 11.8 Å². The number of aryl methyl sites for hydroxylation is 1. The lowest BCUT2D eigenvalue weighted by atomic mass is 10.2. The number of aromatic nitrogens is 5. The molecule has 3 aromatic rings. The molecule has 1 amide bonds. The number of hydrogen-bond donors (Lipinski definition) is 1. The molecule has 0 radical (unpaired) electrons. The van der Waals surface area contributed by atoms with Crippen molar-refractivity contribution in [1.82, 2.24) is 24.7 Å². The summed E-state index contributed by atoms with van der Waals surface area (Å²) < 4.78 is 7.20.